The van der Waals surface area contributed by atoms with Gasteiger partial charge in [0.1, 0.15) is 0 Å². The van der Waals surface area contributed by atoms with Crippen LogP contribution in [0.15, 0.2) is 12.1 Å². The predicted octanol–water partition coefficient (Wildman–Crippen LogP) is 2.88. The topological polar surface area (TPSA) is 57.6 Å². The van der Waals surface area contributed by atoms with Crippen molar-refractivity contribution >= 4 is 23.6 Å². The van der Waals surface area contributed by atoms with E-state index < -0.39 is 29.1 Å². The maximum atomic E-state index is 13.3. The van der Waals surface area contributed by atoms with Gasteiger partial charge in [0.25, 0.3) is 5.91 Å². The molecule has 0 saturated carbocycles. The highest BCUT2D eigenvalue weighted by Gasteiger charge is 2.25. The van der Waals surface area contributed by atoms with Crippen molar-refractivity contribution < 1.29 is 23.5 Å². The molecule has 7 heteroatoms. The number of nitrogens with zero attached hydrogens (tertiary/aromatic N) is 1. The number of carbonyl (C=O) groups excluding carboxylic acids is 1. The number of halogens is 2. The maximum Gasteiger partial charge on any atom is 0.336 e. The summed E-state index contributed by atoms with van der Waals surface area (Å²) in [6, 6.07) is 1.07. The summed E-state index contributed by atoms with van der Waals surface area (Å²) in [6.45, 7) is 1.90. The molecule has 0 aromatic heterocycles. The zero-order chi connectivity index (χ0) is 16.2. The Morgan fingerprint density at radius 2 is 1.81 bits per heavy atom. The van der Waals surface area contributed by atoms with Gasteiger partial charge in [0.05, 0.1) is 11.1 Å². The lowest BCUT2D eigenvalue weighted by Gasteiger charge is -2.27. The summed E-state index contributed by atoms with van der Waals surface area (Å²) >= 11 is 1.55. The molecule has 21 heavy (non-hydrogen) atoms. The molecule has 4 nitrogen and oxygen atoms in total. The predicted molar refractivity (Wildman–Crippen MR) is 77.9 cm³/mol. The van der Waals surface area contributed by atoms with Crippen LogP contribution in [0.25, 0.3) is 0 Å². The Kier molecular flexibility index (Phi) is 6.14. The Morgan fingerprint density at radius 1 is 1.29 bits per heavy atom. The minimum absolute atomic E-state index is 0.109. The van der Waals surface area contributed by atoms with Gasteiger partial charge in [-0.3, -0.25) is 4.79 Å². The summed E-state index contributed by atoms with van der Waals surface area (Å²) in [5.74, 6) is -3.96. The fourth-order valence-corrected chi connectivity index (χ4v) is 2.80. The first-order valence-corrected chi connectivity index (χ1v) is 7.71. The van der Waals surface area contributed by atoms with Crippen molar-refractivity contribution in [2.45, 2.75) is 19.4 Å². The molecule has 1 aromatic rings. The van der Waals surface area contributed by atoms with Gasteiger partial charge in [-0.15, -0.1) is 0 Å². The van der Waals surface area contributed by atoms with Crippen molar-refractivity contribution in [3.63, 3.8) is 0 Å². The Bertz CT molecular complexity index is 551. The lowest BCUT2D eigenvalue weighted by Crippen LogP contribution is -2.39. The van der Waals surface area contributed by atoms with Crippen LogP contribution in [-0.4, -0.2) is 47.0 Å². The first-order chi connectivity index (χ1) is 9.83. The van der Waals surface area contributed by atoms with Gasteiger partial charge in [-0.25, -0.2) is 13.6 Å². The minimum atomic E-state index is -1.47. The number of carboxylic acids is 1. The molecule has 0 spiro atoms. The van der Waals surface area contributed by atoms with Crippen LogP contribution in [0.3, 0.4) is 0 Å². The van der Waals surface area contributed by atoms with Crippen LogP contribution in [0.5, 0.6) is 0 Å². The highest BCUT2D eigenvalue weighted by atomic mass is 32.2. The van der Waals surface area contributed by atoms with E-state index in [-0.39, 0.29) is 11.6 Å². The normalized spacial score (nSPS) is 12.0. The van der Waals surface area contributed by atoms with Crippen molar-refractivity contribution in [3.05, 3.63) is 34.9 Å². The van der Waals surface area contributed by atoms with Crippen molar-refractivity contribution in [2.24, 2.45) is 0 Å². The van der Waals surface area contributed by atoms with E-state index in [0.717, 1.165) is 0 Å². The van der Waals surface area contributed by atoms with Crippen molar-refractivity contribution in [1.82, 2.24) is 4.90 Å². The zero-order valence-electron chi connectivity index (χ0n) is 12.0. The summed E-state index contributed by atoms with van der Waals surface area (Å²) < 4.78 is 26.5. The number of amides is 1. The Balaban J connectivity index is 3.22. The second-order valence-electron chi connectivity index (χ2n) is 4.55. The van der Waals surface area contributed by atoms with Crippen LogP contribution in [0.4, 0.5) is 8.78 Å². The molecule has 1 aromatic carbocycles. The van der Waals surface area contributed by atoms with E-state index in [9.17, 15) is 18.4 Å². The molecule has 116 valence electrons. The van der Waals surface area contributed by atoms with Crippen LogP contribution < -0.4 is 0 Å². The largest absolute Gasteiger partial charge is 0.478 e. The van der Waals surface area contributed by atoms with E-state index >= 15 is 0 Å². The summed E-state index contributed by atoms with van der Waals surface area (Å²) in [5, 5.41) is 9.05. The highest BCUT2D eigenvalue weighted by Crippen LogP contribution is 2.19. The van der Waals surface area contributed by atoms with Gasteiger partial charge < -0.3 is 10.0 Å². The Labute approximate surface area is 126 Å². The van der Waals surface area contributed by atoms with Gasteiger partial charge in [-0.1, -0.05) is 6.92 Å². The fraction of sp³-hybridized carbons (Fsp3) is 0.429. The smallest absolute Gasteiger partial charge is 0.336 e. The van der Waals surface area contributed by atoms with E-state index in [2.05, 4.69) is 0 Å². The molecular formula is C14H17F2NO3S. The number of aromatic carboxylic acids is 1. The average Bonchev–Trinajstić information content (AvgIpc) is 2.45. The van der Waals surface area contributed by atoms with Gasteiger partial charge in [-0.2, -0.15) is 11.8 Å². The number of hydrogen-bond donors (Lipinski definition) is 1. The lowest BCUT2D eigenvalue weighted by molar-refractivity contribution is 0.0671. The van der Waals surface area contributed by atoms with E-state index in [1.54, 1.807) is 11.8 Å². The molecule has 0 heterocycles. The SMILES string of the molecule is CCC(CSC)N(C)C(=O)c1cc(F)c(F)cc1C(=O)O. The van der Waals surface area contributed by atoms with E-state index in [0.29, 0.717) is 24.3 Å². The molecule has 0 fully saturated rings. The third-order valence-corrected chi connectivity index (χ3v) is 3.94. The van der Waals surface area contributed by atoms with Crippen LogP contribution in [0.1, 0.15) is 34.1 Å². The van der Waals surface area contributed by atoms with Crippen LogP contribution in [-0.2, 0) is 0 Å². The van der Waals surface area contributed by atoms with Crippen molar-refractivity contribution in [3.8, 4) is 0 Å². The second-order valence-corrected chi connectivity index (χ2v) is 5.46. The number of benzene rings is 1. The van der Waals surface area contributed by atoms with Gasteiger partial charge in [-0.05, 0) is 24.8 Å². The molecule has 0 aliphatic heterocycles. The summed E-state index contributed by atoms with van der Waals surface area (Å²) in [5.41, 5.74) is -0.881. The molecule has 0 aliphatic rings. The molecule has 0 saturated heterocycles. The average molecular weight is 317 g/mol. The Morgan fingerprint density at radius 3 is 2.24 bits per heavy atom. The molecular weight excluding hydrogens is 300 g/mol. The standard InChI is InChI=1S/C14H17F2NO3S/c1-4-8(7-21-3)17(2)13(18)9-5-11(15)12(16)6-10(9)14(19)20/h5-6,8H,4,7H2,1-3H3,(H,19,20). The van der Waals surface area contributed by atoms with Gasteiger partial charge in [0.15, 0.2) is 11.6 Å². The fourth-order valence-electron chi connectivity index (χ4n) is 1.95. The molecule has 1 N–H and O–H groups in total. The van der Waals surface area contributed by atoms with Crippen molar-refractivity contribution in [1.29, 1.82) is 0 Å². The first kappa shape index (κ1) is 17.4. The summed E-state index contributed by atoms with van der Waals surface area (Å²) in [7, 11) is 1.53. The number of carboxylic acid groups (broad SMARTS) is 1. The molecule has 1 unspecified atom stereocenters. The van der Waals surface area contributed by atoms with Gasteiger partial charge in [0, 0.05) is 18.8 Å². The number of thioether (sulfide) groups is 1. The zero-order valence-corrected chi connectivity index (χ0v) is 12.8. The number of hydrogen-bond acceptors (Lipinski definition) is 3. The maximum absolute atomic E-state index is 13.3. The quantitative estimate of drug-likeness (QED) is 0.876. The monoisotopic (exact) mass is 317 g/mol. The molecule has 0 radical (unpaired) electrons. The van der Waals surface area contributed by atoms with E-state index in [1.165, 1.54) is 11.9 Å². The van der Waals surface area contributed by atoms with E-state index in [4.69, 9.17) is 5.11 Å². The summed E-state index contributed by atoms with van der Waals surface area (Å²) in [4.78, 5) is 24.9. The van der Waals surface area contributed by atoms with Gasteiger partial charge >= 0.3 is 5.97 Å². The summed E-state index contributed by atoms with van der Waals surface area (Å²) in [6.07, 6.45) is 2.57. The minimum Gasteiger partial charge on any atom is -0.478 e. The molecule has 0 aliphatic carbocycles. The number of rotatable bonds is 6. The molecule has 0 bridgehead atoms. The molecule has 1 amide bonds. The third kappa shape index (κ3) is 3.93. The van der Waals surface area contributed by atoms with Crippen molar-refractivity contribution in [2.75, 3.05) is 19.1 Å². The van der Waals surface area contributed by atoms with Crippen LogP contribution in [0.2, 0.25) is 0 Å². The Hall–Kier alpha value is -1.63. The third-order valence-electron chi connectivity index (χ3n) is 3.22. The van der Waals surface area contributed by atoms with Crippen LogP contribution >= 0.6 is 11.8 Å². The van der Waals surface area contributed by atoms with E-state index in [1.807, 2.05) is 13.2 Å². The molecule has 1 atom stereocenters. The highest BCUT2D eigenvalue weighted by molar-refractivity contribution is 7.98. The first-order valence-electron chi connectivity index (χ1n) is 6.31. The molecule has 1 rings (SSSR count). The second kappa shape index (κ2) is 7.40. The number of carbonyl (C=O) groups is 2. The lowest BCUT2D eigenvalue weighted by atomic mass is 10.0. The van der Waals surface area contributed by atoms with Crippen LogP contribution in [0, 0.1) is 11.6 Å². The van der Waals surface area contributed by atoms with Gasteiger partial charge in [0.2, 0.25) is 0 Å².